The highest BCUT2D eigenvalue weighted by atomic mass is 32.2. The second-order valence-corrected chi connectivity index (χ2v) is 10.4. The summed E-state index contributed by atoms with van der Waals surface area (Å²) in [4.78, 5) is 0. The van der Waals surface area contributed by atoms with Crippen LogP contribution in [0, 0.1) is 11.7 Å². The fourth-order valence-corrected chi connectivity index (χ4v) is 4.05. The zero-order chi connectivity index (χ0) is 20.1. The molecule has 5 nitrogen and oxygen atoms in total. The molecule has 1 aliphatic carbocycles. The highest BCUT2D eigenvalue weighted by Gasteiger charge is 2.23. The molecule has 0 radical (unpaired) electrons. The van der Waals surface area contributed by atoms with Gasteiger partial charge in [0.05, 0.1) is 12.4 Å². The molecular weight excluding hydrogens is 367 g/mol. The number of ether oxygens (including phenoxy) is 1. The number of sulfonamides is 1. The van der Waals surface area contributed by atoms with Crippen LogP contribution >= 0.6 is 0 Å². The van der Waals surface area contributed by atoms with Crippen molar-refractivity contribution in [1.29, 1.82) is 0 Å². The zero-order valence-electron chi connectivity index (χ0n) is 16.8. The molecule has 7 heteroatoms. The van der Waals surface area contributed by atoms with E-state index in [1.54, 1.807) is 19.1 Å². The Hall–Kier alpha value is -1.18. The molecule has 0 aliphatic heterocycles. The number of benzene rings is 1. The smallest absolute Gasteiger partial charge is 0.212 e. The molecule has 154 valence electrons. The molecule has 1 aromatic carbocycles. The predicted octanol–water partition coefficient (Wildman–Crippen LogP) is 3.76. The Morgan fingerprint density at radius 3 is 2.59 bits per heavy atom. The lowest BCUT2D eigenvalue weighted by Crippen LogP contribution is -2.36. The maximum absolute atomic E-state index is 13.9. The van der Waals surface area contributed by atoms with Gasteiger partial charge in [0.2, 0.25) is 10.0 Å². The van der Waals surface area contributed by atoms with E-state index in [0.717, 1.165) is 25.8 Å². The Balaban J connectivity index is 1.83. The second-order valence-electron chi connectivity index (χ2n) is 8.49. The van der Waals surface area contributed by atoms with Crippen molar-refractivity contribution >= 4 is 10.0 Å². The second kappa shape index (κ2) is 9.34. The maximum atomic E-state index is 13.9. The van der Waals surface area contributed by atoms with Gasteiger partial charge in [-0.3, -0.25) is 0 Å². The quantitative estimate of drug-likeness (QED) is 0.555. The van der Waals surface area contributed by atoms with Gasteiger partial charge >= 0.3 is 0 Å². The van der Waals surface area contributed by atoms with Crippen LogP contribution in [0.25, 0.3) is 0 Å². The molecule has 27 heavy (non-hydrogen) atoms. The Morgan fingerprint density at radius 2 is 1.96 bits per heavy atom. The molecule has 1 fully saturated rings. The minimum absolute atomic E-state index is 0.0352. The number of halogens is 1. The monoisotopic (exact) mass is 400 g/mol. The van der Waals surface area contributed by atoms with Crippen molar-refractivity contribution in [3.63, 3.8) is 0 Å². The van der Waals surface area contributed by atoms with Gasteiger partial charge in [0, 0.05) is 11.6 Å². The van der Waals surface area contributed by atoms with Crippen LogP contribution < -0.4 is 14.8 Å². The van der Waals surface area contributed by atoms with E-state index in [1.807, 2.05) is 0 Å². The van der Waals surface area contributed by atoms with Crippen LogP contribution in [0.2, 0.25) is 0 Å². The largest absolute Gasteiger partial charge is 0.490 e. The Labute approximate surface area is 163 Å². The molecule has 0 spiro atoms. The first-order valence-electron chi connectivity index (χ1n) is 9.73. The molecule has 1 atom stereocenters. The molecule has 0 bridgehead atoms. The summed E-state index contributed by atoms with van der Waals surface area (Å²) >= 11 is 0. The molecule has 0 amide bonds. The Kier molecular flexibility index (Phi) is 7.65. The average Bonchev–Trinajstić information content (AvgIpc) is 3.36. The van der Waals surface area contributed by atoms with Crippen LogP contribution in [0.4, 0.5) is 4.39 Å². The predicted molar refractivity (Wildman–Crippen MR) is 107 cm³/mol. The van der Waals surface area contributed by atoms with Crippen LogP contribution in [0.15, 0.2) is 18.2 Å². The maximum Gasteiger partial charge on any atom is 0.212 e. The summed E-state index contributed by atoms with van der Waals surface area (Å²) < 4.78 is 46.7. The van der Waals surface area contributed by atoms with Crippen LogP contribution in [-0.4, -0.2) is 32.9 Å². The van der Waals surface area contributed by atoms with E-state index in [4.69, 9.17) is 4.74 Å². The lowest BCUT2D eigenvalue weighted by atomic mass is 10.1. The minimum atomic E-state index is -3.40. The van der Waals surface area contributed by atoms with Gasteiger partial charge in [0.25, 0.3) is 0 Å². The lowest BCUT2D eigenvalue weighted by Gasteiger charge is -2.20. The molecule has 1 saturated carbocycles. The summed E-state index contributed by atoms with van der Waals surface area (Å²) in [5, 5.41) is 3.35. The molecule has 0 saturated heterocycles. The van der Waals surface area contributed by atoms with Crippen LogP contribution in [0.1, 0.15) is 65.0 Å². The van der Waals surface area contributed by atoms with Crippen LogP contribution in [0.3, 0.4) is 0 Å². The molecule has 2 N–H and O–H groups in total. The molecular formula is C20H33FN2O3S. The van der Waals surface area contributed by atoms with Crippen molar-refractivity contribution in [2.45, 2.75) is 65.0 Å². The number of hydrogen-bond acceptors (Lipinski definition) is 4. The first-order chi connectivity index (χ1) is 12.6. The fourth-order valence-electron chi connectivity index (χ4n) is 2.67. The highest BCUT2D eigenvalue weighted by molar-refractivity contribution is 7.89. The number of unbranched alkanes of at least 4 members (excludes halogenated alkanes) is 1. The summed E-state index contributed by atoms with van der Waals surface area (Å²) in [6.07, 6.45) is 3.64. The first-order valence-corrected chi connectivity index (χ1v) is 11.4. The first kappa shape index (κ1) is 22.1. The van der Waals surface area contributed by atoms with Gasteiger partial charge in [-0.05, 0) is 83.5 Å². The number of hydrogen-bond donors (Lipinski definition) is 2. The molecule has 0 heterocycles. The van der Waals surface area contributed by atoms with E-state index < -0.39 is 21.9 Å². The van der Waals surface area contributed by atoms with Crippen LogP contribution in [0.5, 0.6) is 5.75 Å². The van der Waals surface area contributed by atoms with Gasteiger partial charge < -0.3 is 10.1 Å². The summed E-state index contributed by atoms with van der Waals surface area (Å²) in [5.41, 5.74) is 0.730. The number of rotatable bonds is 11. The molecule has 0 aromatic heterocycles. The van der Waals surface area contributed by atoms with E-state index in [1.165, 1.54) is 6.07 Å². The summed E-state index contributed by atoms with van der Waals surface area (Å²) in [6, 6.07) is 4.09. The third-order valence-corrected chi connectivity index (χ3v) is 6.02. The van der Waals surface area contributed by atoms with Gasteiger partial charge in [-0.2, -0.15) is 0 Å². The highest BCUT2D eigenvalue weighted by Crippen LogP contribution is 2.31. The fraction of sp³-hybridized carbons (Fsp3) is 0.700. The number of nitrogens with one attached hydrogen (secondary N) is 2. The Morgan fingerprint density at radius 1 is 1.26 bits per heavy atom. The van der Waals surface area contributed by atoms with Gasteiger partial charge in [0.15, 0.2) is 11.6 Å². The lowest BCUT2D eigenvalue weighted by molar-refractivity contribution is 0.285. The average molecular weight is 401 g/mol. The van der Waals surface area contributed by atoms with Gasteiger partial charge in [-0.25, -0.2) is 17.5 Å². The molecule has 0 unspecified atom stereocenters. The van der Waals surface area contributed by atoms with E-state index in [9.17, 15) is 12.8 Å². The summed E-state index contributed by atoms with van der Waals surface area (Å²) in [5.74, 6) is 0.381. The third-order valence-electron chi connectivity index (χ3n) is 4.48. The molecule has 1 aromatic rings. The van der Waals surface area contributed by atoms with Gasteiger partial charge in [-0.15, -0.1) is 0 Å². The minimum Gasteiger partial charge on any atom is -0.490 e. The van der Waals surface area contributed by atoms with Gasteiger partial charge in [-0.1, -0.05) is 6.07 Å². The van der Waals surface area contributed by atoms with Crippen molar-refractivity contribution in [3.05, 3.63) is 29.6 Å². The molecule has 2 rings (SSSR count). The van der Waals surface area contributed by atoms with E-state index in [2.05, 4.69) is 30.8 Å². The van der Waals surface area contributed by atoms with E-state index in [-0.39, 0.29) is 17.0 Å². The normalized spacial score (nSPS) is 16.3. The van der Waals surface area contributed by atoms with E-state index >= 15 is 0 Å². The van der Waals surface area contributed by atoms with Crippen molar-refractivity contribution in [3.8, 4) is 5.75 Å². The van der Waals surface area contributed by atoms with Crippen molar-refractivity contribution in [2.75, 3.05) is 18.9 Å². The van der Waals surface area contributed by atoms with Crippen molar-refractivity contribution in [1.82, 2.24) is 10.0 Å². The van der Waals surface area contributed by atoms with Crippen LogP contribution in [-0.2, 0) is 10.0 Å². The molecule has 1 aliphatic rings. The third kappa shape index (κ3) is 8.58. The van der Waals surface area contributed by atoms with Crippen molar-refractivity contribution in [2.24, 2.45) is 5.92 Å². The van der Waals surface area contributed by atoms with Gasteiger partial charge in [0.1, 0.15) is 0 Å². The summed E-state index contributed by atoms with van der Waals surface area (Å²) in [7, 11) is -3.40. The Bertz CT molecular complexity index is 712. The topological polar surface area (TPSA) is 67.4 Å². The summed E-state index contributed by atoms with van der Waals surface area (Å²) in [6.45, 7) is 9.31. The standard InChI is InChI=1S/C20H33FN2O3S/c1-15(23-27(24,25)12-6-5-11-22-20(2,3)4)17-9-10-18(21)19(13-17)26-14-16-7-8-16/h9-10,13,15-16,22-23H,5-8,11-12,14H2,1-4H3/t15-/m1/s1. The van der Waals surface area contributed by atoms with E-state index in [0.29, 0.717) is 24.5 Å². The SMILES string of the molecule is C[C@@H](NS(=O)(=O)CCCCNC(C)(C)C)c1ccc(F)c(OCC2CC2)c1. The van der Waals surface area contributed by atoms with Crippen molar-refractivity contribution < 1.29 is 17.5 Å². The zero-order valence-corrected chi connectivity index (χ0v) is 17.7.